The third kappa shape index (κ3) is 2.07. The van der Waals surface area contributed by atoms with Crippen LogP contribution < -0.4 is 5.32 Å². The summed E-state index contributed by atoms with van der Waals surface area (Å²) in [4.78, 5) is 0. The summed E-state index contributed by atoms with van der Waals surface area (Å²) < 4.78 is 5.47. The van der Waals surface area contributed by atoms with Crippen LogP contribution in [0.5, 0.6) is 0 Å². The largest absolute Gasteiger partial charge is 0.422 e. The molecule has 1 fully saturated rings. The SMILES string of the molecule is CC(Cl)c1nnc(C2CCCCN2)o1. The first-order valence-electron chi connectivity index (χ1n) is 4.98. The quantitative estimate of drug-likeness (QED) is 0.769. The minimum Gasteiger partial charge on any atom is -0.422 e. The van der Waals surface area contributed by atoms with Gasteiger partial charge in [0.25, 0.3) is 0 Å². The number of rotatable bonds is 2. The smallest absolute Gasteiger partial charge is 0.234 e. The summed E-state index contributed by atoms with van der Waals surface area (Å²) in [7, 11) is 0. The molecule has 0 radical (unpaired) electrons. The van der Waals surface area contributed by atoms with Gasteiger partial charge in [-0.2, -0.15) is 0 Å². The Hall–Kier alpha value is -0.610. The van der Waals surface area contributed by atoms with Gasteiger partial charge >= 0.3 is 0 Å². The van der Waals surface area contributed by atoms with Gasteiger partial charge in [-0.05, 0) is 26.3 Å². The van der Waals surface area contributed by atoms with E-state index < -0.39 is 0 Å². The molecule has 1 saturated heterocycles. The molecule has 0 aromatic carbocycles. The van der Waals surface area contributed by atoms with Crippen molar-refractivity contribution in [1.82, 2.24) is 15.5 Å². The molecule has 0 amide bonds. The van der Waals surface area contributed by atoms with E-state index in [4.69, 9.17) is 16.0 Å². The van der Waals surface area contributed by atoms with Crippen LogP contribution in [0.1, 0.15) is 49.4 Å². The summed E-state index contributed by atoms with van der Waals surface area (Å²) in [5.41, 5.74) is 0. The maximum atomic E-state index is 5.84. The second-order valence-corrected chi connectivity index (χ2v) is 4.25. The van der Waals surface area contributed by atoms with Gasteiger partial charge in [0.2, 0.25) is 11.8 Å². The van der Waals surface area contributed by atoms with Gasteiger partial charge in [-0.15, -0.1) is 21.8 Å². The van der Waals surface area contributed by atoms with Crippen LogP contribution in [0.15, 0.2) is 4.42 Å². The van der Waals surface area contributed by atoms with Gasteiger partial charge < -0.3 is 9.73 Å². The van der Waals surface area contributed by atoms with E-state index in [1.54, 1.807) is 0 Å². The highest BCUT2D eigenvalue weighted by Gasteiger charge is 2.21. The standard InChI is InChI=1S/C9H14ClN3O/c1-6(10)8-12-13-9(14-8)7-4-2-3-5-11-7/h6-7,11H,2-5H2,1H3. The zero-order valence-corrected chi connectivity index (χ0v) is 8.92. The van der Waals surface area contributed by atoms with E-state index in [2.05, 4.69) is 15.5 Å². The van der Waals surface area contributed by atoms with Crippen molar-refractivity contribution in [3.8, 4) is 0 Å². The first-order valence-corrected chi connectivity index (χ1v) is 5.42. The van der Waals surface area contributed by atoms with Crippen LogP contribution >= 0.6 is 11.6 Å². The van der Waals surface area contributed by atoms with Crippen molar-refractivity contribution in [2.45, 2.75) is 37.6 Å². The van der Waals surface area contributed by atoms with E-state index in [1.165, 1.54) is 12.8 Å². The van der Waals surface area contributed by atoms with Crippen LogP contribution in [0.25, 0.3) is 0 Å². The molecule has 0 saturated carbocycles. The highest BCUT2D eigenvalue weighted by atomic mass is 35.5. The molecule has 0 spiro atoms. The number of aromatic nitrogens is 2. The van der Waals surface area contributed by atoms with Crippen LogP contribution in [0, 0.1) is 0 Å². The van der Waals surface area contributed by atoms with Crippen LogP contribution in [0.4, 0.5) is 0 Å². The van der Waals surface area contributed by atoms with Crippen molar-refractivity contribution in [2.75, 3.05) is 6.54 Å². The summed E-state index contributed by atoms with van der Waals surface area (Å²) >= 11 is 5.84. The Bertz CT molecular complexity index is 294. The summed E-state index contributed by atoms with van der Waals surface area (Å²) in [6, 6.07) is 0.223. The van der Waals surface area contributed by atoms with Crippen LogP contribution in [0.3, 0.4) is 0 Å². The third-order valence-corrected chi connectivity index (χ3v) is 2.59. The van der Waals surface area contributed by atoms with Gasteiger partial charge in [0.05, 0.1) is 6.04 Å². The lowest BCUT2D eigenvalue weighted by Crippen LogP contribution is -2.26. The molecule has 0 bridgehead atoms. The number of halogens is 1. The summed E-state index contributed by atoms with van der Waals surface area (Å²) in [5.74, 6) is 1.18. The summed E-state index contributed by atoms with van der Waals surface area (Å²) in [5, 5.41) is 11.0. The second kappa shape index (κ2) is 4.28. The predicted octanol–water partition coefficient (Wildman–Crippen LogP) is 2.18. The van der Waals surface area contributed by atoms with Gasteiger partial charge in [-0.25, -0.2) is 0 Å². The molecule has 1 aromatic rings. The number of alkyl halides is 1. The number of nitrogens with zero attached hydrogens (tertiary/aromatic N) is 2. The Morgan fingerprint density at radius 3 is 2.93 bits per heavy atom. The summed E-state index contributed by atoms with van der Waals surface area (Å²) in [6.07, 6.45) is 3.51. The van der Waals surface area contributed by atoms with Gasteiger partial charge in [0.1, 0.15) is 5.38 Å². The average molecular weight is 216 g/mol. The van der Waals surface area contributed by atoms with Crippen molar-refractivity contribution in [3.05, 3.63) is 11.8 Å². The zero-order valence-electron chi connectivity index (χ0n) is 8.16. The van der Waals surface area contributed by atoms with E-state index in [0.717, 1.165) is 13.0 Å². The summed E-state index contributed by atoms with van der Waals surface area (Å²) in [6.45, 7) is 2.85. The average Bonchev–Trinajstić information content (AvgIpc) is 2.68. The first-order chi connectivity index (χ1) is 6.77. The van der Waals surface area contributed by atoms with E-state index in [1.807, 2.05) is 6.92 Å². The topological polar surface area (TPSA) is 51.0 Å². The van der Waals surface area contributed by atoms with Gasteiger partial charge in [0.15, 0.2) is 0 Å². The zero-order chi connectivity index (χ0) is 9.97. The van der Waals surface area contributed by atoms with E-state index >= 15 is 0 Å². The molecule has 2 atom stereocenters. The maximum Gasteiger partial charge on any atom is 0.234 e. The number of nitrogens with one attached hydrogen (secondary N) is 1. The lowest BCUT2D eigenvalue weighted by atomic mass is 10.1. The minimum atomic E-state index is -0.208. The van der Waals surface area contributed by atoms with Gasteiger partial charge in [-0.1, -0.05) is 6.42 Å². The lowest BCUT2D eigenvalue weighted by Gasteiger charge is -2.19. The Kier molecular flexibility index (Phi) is 3.03. The Morgan fingerprint density at radius 1 is 1.50 bits per heavy atom. The number of piperidine rings is 1. The first kappa shape index (κ1) is 9.93. The fourth-order valence-corrected chi connectivity index (χ4v) is 1.70. The molecule has 1 N–H and O–H groups in total. The molecule has 1 aliphatic heterocycles. The highest BCUT2D eigenvalue weighted by molar-refractivity contribution is 6.20. The van der Waals surface area contributed by atoms with Gasteiger partial charge in [0, 0.05) is 0 Å². The van der Waals surface area contributed by atoms with Crippen LogP contribution in [-0.4, -0.2) is 16.7 Å². The minimum absolute atomic E-state index is 0.208. The molecular formula is C9H14ClN3O. The molecule has 1 aromatic heterocycles. The molecule has 14 heavy (non-hydrogen) atoms. The van der Waals surface area contributed by atoms with Crippen LogP contribution in [0.2, 0.25) is 0 Å². The molecule has 4 nitrogen and oxygen atoms in total. The van der Waals surface area contributed by atoms with E-state index in [9.17, 15) is 0 Å². The Morgan fingerprint density at radius 2 is 2.36 bits per heavy atom. The fourth-order valence-electron chi connectivity index (χ4n) is 1.61. The normalized spacial score (nSPS) is 24.9. The Balaban J connectivity index is 2.07. The monoisotopic (exact) mass is 215 g/mol. The van der Waals surface area contributed by atoms with Crippen molar-refractivity contribution >= 4 is 11.6 Å². The van der Waals surface area contributed by atoms with Gasteiger partial charge in [-0.3, -0.25) is 0 Å². The maximum absolute atomic E-state index is 5.84. The molecule has 2 rings (SSSR count). The van der Waals surface area contributed by atoms with Crippen molar-refractivity contribution in [2.24, 2.45) is 0 Å². The number of hydrogen-bond donors (Lipinski definition) is 1. The molecule has 5 heteroatoms. The van der Waals surface area contributed by atoms with E-state index in [0.29, 0.717) is 11.8 Å². The predicted molar refractivity (Wildman–Crippen MR) is 53.2 cm³/mol. The van der Waals surface area contributed by atoms with Crippen molar-refractivity contribution in [3.63, 3.8) is 0 Å². The van der Waals surface area contributed by atoms with Crippen molar-refractivity contribution in [1.29, 1.82) is 0 Å². The van der Waals surface area contributed by atoms with E-state index in [-0.39, 0.29) is 11.4 Å². The molecule has 2 heterocycles. The fraction of sp³-hybridized carbons (Fsp3) is 0.778. The number of hydrogen-bond acceptors (Lipinski definition) is 4. The molecule has 78 valence electrons. The third-order valence-electron chi connectivity index (χ3n) is 2.40. The molecule has 2 unspecified atom stereocenters. The van der Waals surface area contributed by atoms with Crippen molar-refractivity contribution < 1.29 is 4.42 Å². The molecular weight excluding hydrogens is 202 g/mol. The lowest BCUT2D eigenvalue weighted by molar-refractivity contribution is 0.329. The Labute approximate surface area is 88.0 Å². The highest BCUT2D eigenvalue weighted by Crippen LogP contribution is 2.24. The molecule has 0 aliphatic carbocycles. The molecule has 1 aliphatic rings. The second-order valence-electron chi connectivity index (χ2n) is 3.60. The van der Waals surface area contributed by atoms with Crippen LogP contribution in [-0.2, 0) is 0 Å².